The maximum Gasteiger partial charge on any atom is 0.240 e. The van der Waals surface area contributed by atoms with Gasteiger partial charge in [-0.3, -0.25) is 9.59 Å². The minimum absolute atomic E-state index is 0.0927. The number of hydrogen-bond acceptors (Lipinski definition) is 7. The van der Waals surface area contributed by atoms with Crippen molar-refractivity contribution in [3.8, 4) is 0 Å². The molecule has 2 aromatic rings. The van der Waals surface area contributed by atoms with Crippen LogP contribution < -0.4 is 10.0 Å². The van der Waals surface area contributed by atoms with E-state index in [4.69, 9.17) is 0 Å². The zero-order valence-corrected chi connectivity index (χ0v) is 17.3. The predicted molar refractivity (Wildman–Crippen MR) is 104 cm³/mol. The van der Waals surface area contributed by atoms with E-state index in [0.29, 0.717) is 37.1 Å². The van der Waals surface area contributed by atoms with Gasteiger partial charge in [-0.05, 0) is 31.0 Å². The van der Waals surface area contributed by atoms with Crippen molar-refractivity contribution in [3.05, 3.63) is 35.3 Å². The van der Waals surface area contributed by atoms with Gasteiger partial charge in [0.05, 0.1) is 4.90 Å². The van der Waals surface area contributed by atoms with E-state index in [1.165, 1.54) is 16.8 Å². The van der Waals surface area contributed by atoms with Gasteiger partial charge in [-0.1, -0.05) is 11.3 Å². The Kier molecular flexibility index (Phi) is 7.05. The van der Waals surface area contributed by atoms with Crippen LogP contribution in [0.25, 0.3) is 0 Å². The second-order valence-electron chi connectivity index (χ2n) is 6.61. The summed E-state index contributed by atoms with van der Waals surface area (Å²) in [4.78, 5) is 25.7. The minimum Gasteiger partial charge on any atom is -0.343 e. The summed E-state index contributed by atoms with van der Waals surface area (Å²) in [5, 5.41) is 10.5. The van der Waals surface area contributed by atoms with Crippen molar-refractivity contribution in [3.63, 3.8) is 0 Å². The molecule has 1 saturated heterocycles. The number of piperidine rings is 1. The number of carbonyl (C=O) groups excluding carboxylic acids is 2. The molecule has 0 aliphatic carbocycles. The summed E-state index contributed by atoms with van der Waals surface area (Å²) >= 11 is 1.22. The third kappa shape index (κ3) is 5.55. The molecule has 9 nitrogen and oxygen atoms in total. The molecule has 1 aromatic carbocycles. The smallest absolute Gasteiger partial charge is 0.240 e. The molecule has 0 spiro atoms. The van der Waals surface area contributed by atoms with Crippen LogP contribution in [0.3, 0.4) is 0 Å². The lowest BCUT2D eigenvalue weighted by Gasteiger charge is -2.31. The summed E-state index contributed by atoms with van der Waals surface area (Å²) in [7, 11) is -4.06. The molecule has 2 amide bonds. The summed E-state index contributed by atoms with van der Waals surface area (Å²) in [6.45, 7) is 0.573. The summed E-state index contributed by atoms with van der Waals surface area (Å²) in [5.74, 6) is -3.09. The molecular formula is C17H19F2N5O4S2. The monoisotopic (exact) mass is 459 g/mol. The highest BCUT2D eigenvalue weighted by Gasteiger charge is 2.28. The molecule has 1 aromatic heterocycles. The van der Waals surface area contributed by atoms with Crippen molar-refractivity contribution in [2.75, 3.05) is 25.0 Å². The molecule has 0 radical (unpaired) electrons. The first kappa shape index (κ1) is 22.2. The number of benzene rings is 1. The second-order valence-corrected chi connectivity index (χ2v) is 9.21. The molecule has 3 rings (SSSR count). The lowest BCUT2D eigenvalue weighted by molar-refractivity contribution is -0.134. The number of hydrogen-bond donors (Lipinski definition) is 2. The molecule has 13 heteroatoms. The maximum atomic E-state index is 13.2. The third-order valence-corrected chi connectivity index (χ3v) is 6.71. The van der Waals surface area contributed by atoms with E-state index in [1.807, 2.05) is 0 Å². The van der Waals surface area contributed by atoms with E-state index in [1.54, 1.807) is 4.90 Å². The summed E-state index contributed by atoms with van der Waals surface area (Å²) < 4.78 is 52.6. The number of aromatic nitrogens is 2. The average molecular weight is 460 g/mol. The molecule has 2 heterocycles. The number of halogens is 2. The highest BCUT2D eigenvalue weighted by molar-refractivity contribution is 7.89. The van der Waals surface area contributed by atoms with Gasteiger partial charge in [-0.2, -0.15) is 0 Å². The fourth-order valence-electron chi connectivity index (χ4n) is 3.00. The molecule has 1 aliphatic heterocycles. The van der Waals surface area contributed by atoms with E-state index in [-0.39, 0.29) is 30.7 Å². The van der Waals surface area contributed by atoms with Crippen molar-refractivity contribution in [2.45, 2.75) is 24.2 Å². The molecule has 1 fully saturated rings. The van der Waals surface area contributed by atoms with Crippen LogP contribution in [0.5, 0.6) is 0 Å². The molecule has 0 unspecified atom stereocenters. The van der Waals surface area contributed by atoms with Crippen LogP contribution in [0.15, 0.2) is 28.6 Å². The second kappa shape index (κ2) is 9.53. The van der Waals surface area contributed by atoms with E-state index in [0.717, 1.165) is 12.1 Å². The third-order valence-electron chi connectivity index (χ3n) is 4.64. The fraction of sp³-hybridized carbons (Fsp3) is 0.412. The first-order valence-electron chi connectivity index (χ1n) is 9.06. The SMILES string of the molecule is O=C(Nc1nncs1)C1CCN(C(=O)CCNS(=O)(=O)c2ccc(F)c(F)c2)CC1. The summed E-state index contributed by atoms with van der Waals surface area (Å²) in [5.41, 5.74) is 1.51. The molecular weight excluding hydrogens is 440 g/mol. The Bertz CT molecular complexity index is 1010. The number of nitrogens with zero attached hydrogens (tertiary/aromatic N) is 3. The van der Waals surface area contributed by atoms with Crippen molar-refractivity contribution in [1.29, 1.82) is 0 Å². The molecule has 0 atom stereocenters. The number of sulfonamides is 1. The largest absolute Gasteiger partial charge is 0.343 e. The van der Waals surface area contributed by atoms with Crippen molar-refractivity contribution in [2.24, 2.45) is 5.92 Å². The van der Waals surface area contributed by atoms with Crippen molar-refractivity contribution in [1.82, 2.24) is 19.8 Å². The highest BCUT2D eigenvalue weighted by Crippen LogP contribution is 2.20. The van der Waals surface area contributed by atoms with Crippen LogP contribution in [0, 0.1) is 17.6 Å². The van der Waals surface area contributed by atoms with Gasteiger partial charge in [-0.25, -0.2) is 21.9 Å². The normalized spacial score (nSPS) is 15.2. The molecule has 0 saturated carbocycles. The van der Waals surface area contributed by atoms with Gasteiger partial charge in [-0.15, -0.1) is 10.2 Å². The number of anilines is 1. The van der Waals surface area contributed by atoms with Gasteiger partial charge in [0.25, 0.3) is 0 Å². The van der Waals surface area contributed by atoms with E-state index >= 15 is 0 Å². The number of carbonyl (C=O) groups is 2. The van der Waals surface area contributed by atoms with Crippen molar-refractivity contribution >= 4 is 38.3 Å². The van der Waals surface area contributed by atoms with Crippen LogP contribution in [-0.4, -0.2) is 55.0 Å². The maximum absolute atomic E-state index is 13.2. The van der Waals surface area contributed by atoms with Gasteiger partial charge < -0.3 is 10.2 Å². The molecule has 2 N–H and O–H groups in total. The van der Waals surface area contributed by atoms with E-state index < -0.39 is 26.6 Å². The summed E-state index contributed by atoms with van der Waals surface area (Å²) in [6, 6.07) is 2.25. The average Bonchev–Trinajstić information content (AvgIpc) is 3.23. The predicted octanol–water partition coefficient (Wildman–Crippen LogP) is 1.36. The van der Waals surface area contributed by atoms with Gasteiger partial charge in [0, 0.05) is 32.0 Å². The lowest BCUT2D eigenvalue weighted by atomic mass is 9.96. The van der Waals surface area contributed by atoms with Crippen LogP contribution in [-0.2, 0) is 19.6 Å². The zero-order chi connectivity index (χ0) is 21.7. The Morgan fingerprint density at radius 3 is 2.57 bits per heavy atom. The summed E-state index contributed by atoms with van der Waals surface area (Å²) in [6.07, 6.45) is 0.873. The van der Waals surface area contributed by atoms with Gasteiger partial charge in [0.15, 0.2) is 11.6 Å². The van der Waals surface area contributed by atoms with Crippen LogP contribution >= 0.6 is 11.3 Å². The number of nitrogens with one attached hydrogen (secondary N) is 2. The quantitative estimate of drug-likeness (QED) is 0.645. The highest BCUT2D eigenvalue weighted by atomic mass is 32.2. The Hall–Kier alpha value is -2.51. The minimum atomic E-state index is -4.06. The van der Waals surface area contributed by atoms with E-state index in [9.17, 15) is 26.8 Å². The van der Waals surface area contributed by atoms with Crippen molar-refractivity contribution < 1.29 is 26.8 Å². The molecule has 30 heavy (non-hydrogen) atoms. The molecule has 1 aliphatic rings. The Labute approximate surface area is 175 Å². The van der Waals surface area contributed by atoms with Gasteiger partial charge in [0.1, 0.15) is 5.51 Å². The standard InChI is InChI=1S/C17H19F2N5O4S2/c18-13-2-1-12(9-14(13)19)30(27,28)21-6-3-15(25)24-7-4-11(5-8-24)16(26)22-17-23-20-10-29-17/h1-2,9-11,21H,3-8H2,(H,22,23,26). The lowest BCUT2D eigenvalue weighted by Crippen LogP contribution is -2.42. The van der Waals surface area contributed by atoms with Crippen LogP contribution in [0.1, 0.15) is 19.3 Å². The van der Waals surface area contributed by atoms with E-state index in [2.05, 4.69) is 20.2 Å². The molecule has 162 valence electrons. The first-order chi connectivity index (χ1) is 14.3. The Morgan fingerprint density at radius 1 is 1.20 bits per heavy atom. The molecule has 0 bridgehead atoms. The Balaban J connectivity index is 1.43. The zero-order valence-electron chi connectivity index (χ0n) is 15.7. The number of likely N-dealkylation sites (tertiary alicyclic amines) is 1. The fourth-order valence-corrected chi connectivity index (χ4v) is 4.50. The topological polar surface area (TPSA) is 121 Å². The van der Waals surface area contributed by atoms with Crippen LogP contribution in [0.4, 0.5) is 13.9 Å². The van der Waals surface area contributed by atoms with Gasteiger partial charge >= 0.3 is 0 Å². The number of rotatable bonds is 7. The van der Waals surface area contributed by atoms with Gasteiger partial charge in [0.2, 0.25) is 27.0 Å². The van der Waals surface area contributed by atoms with Crippen LogP contribution in [0.2, 0.25) is 0 Å². The Morgan fingerprint density at radius 2 is 1.93 bits per heavy atom. The number of amides is 2. The first-order valence-corrected chi connectivity index (χ1v) is 11.4.